The Morgan fingerprint density at radius 3 is 2.90 bits per heavy atom. The second-order valence-electron chi connectivity index (χ2n) is 5.00. The van der Waals surface area contributed by atoms with E-state index in [2.05, 4.69) is 23.2 Å². The van der Waals surface area contributed by atoms with Crippen molar-refractivity contribution in [1.29, 1.82) is 5.26 Å². The van der Waals surface area contributed by atoms with Crippen molar-refractivity contribution in [2.24, 2.45) is 0 Å². The Morgan fingerprint density at radius 1 is 1.50 bits per heavy atom. The van der Waals surface area contributed by atoms with Crippen molar-refractivity contribution in [1.82, 2.24) is 10.2 Å². The summed E-state index contributed by atoms with van der Waals surface area (Å²) in [5.41, 5.74) is 0.779. The van der Waals surface area contributed by atoms with Crippen LogP contribution in [0, 0.1) is 11.3 Å². The molecule has 0 bridgehead atoms. The summed E-state index contributed by atoms with van der Waals surface area (Å²) in [7, 11) is 0. The Hall–Kier alpha value is -1.90. The molecule has 5 nitrogen and oxygen atoms in total. The highest BCUT2D eigenvalue weighted by Gasteiger charge is 2.23. The van der Waals surface area contributed by atoms with E-state index in [1.165, 1.54) is 0 Å². The molecule has 1 fully saturated rings. The lowest BCUT2D eigenvalue weighted by atomic mass is 10.2. The van der Waals surface area contributed by atoms with Gasteiger partial charge in [0, 0.05) is 31.4 Å². The van der Waals surface area contributed by atoms with Gasteiger partial charge in [-0.05, 0) is 19.1 Å². The first-order chi connectivity index (χ1) is 9.72. The Bertz CT molecular complexity index is 482. The molecule has 5 heteroatoms. The molecule has 1 N–H and O–H groups in total. The summed E-state index contributed by atoms with van der Waals surface area (Å²) in [6.45, 7) is 5.22. The lowest BCUT2D eigenvalue weighted by Gasteiger charge is -2.34. The maximum Gasteiger partial charge on any atom is 0.242 e. The Balaban J connectivity index is 2.06. The molecule has 1 saturated heterocycles. The SMILES string of the molecule is CC1CNCCN1CC(=O)N(CC#N)c1ccccc1. The highest BCUT2D eigenvalue weighted by molar-refractivity contribution is 5.95. The largest absolute Gasteiger partial charge is 0.314 e. The molecule has 0 spiro atoms. The van der Waals surface area contributed by atoms with Crippen LogP contribution in [0.4, 0.5) is 5.69 Å². The average molecular weight is 272 g/mol. The highest BCUT2D eigenvalue weighted by Crippen LogP contribution is 2.14. The van der Waals surface area contributed by atoms with Gasteiger partial charge in [0.2, 0.25) is 5.91 Å². The number of carbonyl (C=O) groups excluding carboxylic acids is 1. The van der Waals surface area contributed by atoms with Crippen LogP contribution in [0.1, 0.15) is 6.92 Å². The topological polar surface area (TPSA) is 59.4 Å². The maximum absolute atomic E-state index is 12.5. The third-order valence-corrected chi connectivity index (χ3v) is 3.57. The van der Waals surface area contributed by atoms with Gasteiger partial charge in [-0.15, -0.1) is 0 Å². The van der Waals surface area contributed by atoms with Gasteiger partial charge in [0.1, 0.15) is 6.54 Å². The van der Waals surface area contributed by atoms with Gasteiger partial charge < -0.3 is 5.32 Å². The van der Waals surface area contributed by atoms with Gasteiger partial charge in [-0.2, -0.15) is 5.26 Å². The van der Waals surface area contributed by atoms with Crippen LogP contribution in [-0.2, 0) is 4.79 Å². The number of carbonyl (C=O) groups is 1. The Morgan fingerprint density at radius 2 is 2.25 bits per heavy atom. The van der Waals surface area contributed by atoms with Crippen molar-refractivity contribution in [3.05, 3.63) is 30.3 Å². The summed E-state index contributed by atoms with van der Waals surface area (Å²) >= 11 is 0. The van der Waals surface area contributed by atoms with Crippen LogP contribution in [0.15, 0.2) is 30.3 Å². The minimum Gasteiger partial charge on any atom is -0.314 e. The second kappa shape index (κ2) is 7.04. The molecule has 0 aromatic heterocycles. The number of benzene rings is 1. The fourth-order valence-electron chi connectivity index (χ4n) is 2.38. The number of hydrogen-bond acceptors (Lipinski definition) is 4. The minimum atomic E-state index is -0.0218. The van der Waals surface area contributed by atoms with Crippen LogP contribution in [-0.4, -0.2) is 49.6 Å². The number of piperazine rings is 1. The normalized spacial score (nSPS) is 19.3. The second-order valence-corrected chi connectivity index (χ2v) is 5.00. The smallest absolute Gasteiger partial charge is 0.242 e. The molecule has 0 saturated carbocycles. The predicted octanol–water partition coefficient (Wildman–Crippen LogP) is 0.837. The van der Waals surface area contributed by atoms with E-state index in [-0.39, 0.29) is 12.5 Å². The zero-order chi connectivity index (χ0) is 14.4. The van der Waals surface area contributed by atoms with Crippen molar-refractivity contribution in [2.45, 2.75) is 13.0 Å². The van der Waals surface area contributed by atoms with Crippen LogP contribution in [0.3, 0.4) is 0 Å². The zero-order valence-electron chi connectivity index (χ0n) is 11.7. The van der Waals surface area contributed by atoms with E-state index in [9.17, 15) is 4.79 Å². The number of rotatable bonds is 4. The molecule has 1 amide bonds. The summed E-state index contributed by atoms with van der Waals surface area (Å²) in [5, 5.41) is 12.2. The van der Waals surface area contributed by atoms with Crippen molar-refractivity contribution >= 4 is 11.6 Å². The fourth-order valence-corrected chi connectivity index (χ4v) is 2.38. The van der Waals surface area contributed by atoms with Crippen LogP contribution < -0.4 is 10.2 Å². The van der Waals surface area contributed by atoms with Crippen LogP contribution in [0.5, 0.6) is 0 Å². The number of nitrogens with one attached hydrogen (secondary N) is 1. The third-order valence-electron chi connectivity index (χ3n) is 3.57. The van der Waals surface area contributed by atoms with Crippen molar-refractivity contribution in [3.63, 3.8) is 0 Å². The van der Waals surface area contributed by atoms with Crippen LogP contribution >= 0.6 is 0 Å². The zero-order valence-corrected chi connectivity index (χ0v) is 11.7. The lowest BCUT2D eigenvalue weighted by Crippen LogP contribution is -2.53. The molecule has 1 aliphatic rings. The van der Waals surface area contributed by atoms with Gasteiger partial charge in [0.15, 0.2) is 0 Å². The standard InChI is InChI=1S/C15H20N4O/c1-13-11-17-8-10-18(13)12-15(20)19(9-7-16)14-5-3-2-4-6-14/h2-6,13,17H,8-12H2,1H3. The van der Waals surface area contributed by atoms with Crippen molar-refractivity contribution in [2.75, 3.05) is 37.6 Å². The third kappa shape index (κ3) is 3.56. The van der Waals surface area contributed by atoms with Gasteiger partial charge in [0.05, 0.1) is 12.6 Å². The van der Waals surface area contributed by atoms with Gasteiger partial charge >= 0.3 is 0 Å². The fraction of sp³-hybridized carbons (Fsp3) is 0.467. The number of nitriles is 1. The molecule has 1 aromatic carbocycles. The van der Waals surface area contributed by atoms with Crippen molar-refractivity contribution < 1.29 is 4.79 Å². The van der Waals surface area contributed by atoms with Crippen LogP contribution in [0.2, 0.25) is 0 Å². The molecule has 2 rings (SSSR count). The number of nitrogens with zero attached hydrogens (tertiary/aromatic N) is 3. The Kier molecular flexibility index (Phi) is 5.10. The molecule has 1 aliphatic heterocycles. The summed E-state index contributed by atoms with van der Waals surface area (Å²) in [5.74, 6) is -0.0218. The van der Waals surface area contributed by atoms with Gasteiger partial charge in [-0.25, -0.2) is 0 Å². The van der Waals surface area contributed by atoms with E-state index >= 15 is 0 Å². The Labute approximate surface area is 119 Å². The molecule has 106 valence electrons. The molecule has 1 heterocycles. The molecule has 1 aromatic rings. The summed E-state index contributed by atoms with van der Waals surface area (Å²) in [6, 6.07) is 11.8. The van der Waals surface area contributed by atoms with E-state index in [4.69, 9.17) is 5.26 Å². The maximum atomic E-state index is 12.5. The van der Waals surface area contributed by atoms with E-state index in [0.29, 0.717) is 12.6 Å². The number of anilines is 1. The van der Waals surface area contributed by atoms with E-state index in [1.54, 1.807) is 4.90 Å². The number of amides is 1. The summed E-state index contributed by atoms with van der Waals surface area (Å²) < 4.78 is 0. The molecule has 1 unspecified atom stereocenters. The molecular formula is C15H20N4O. The quantitative estimate of drug-likeness (QED) is 0.825. The molecule has 1 atom stereocenters. The number of para-hydroxylation sites is 1. The van der Waals surface area contributed by atoms with E-state index in [0.717, 1.165) is 25.3 Å². The van der Waals surface area contributed by atoms with E-state index < -0.39 is 0 Å². The molecule has 0 aliphatic carbocycles. The number of hydrogen-bond donors (Lipinski definition) is 1. The first-order valence-electron chi connectivity index (χ1n) is 6.89. The molecule has 0 radical (unpaired) electrons. The molecule has 20 heavy (non-hydrogen) atoms. The summed E-state index contributed by atoms with van der Waals surface area (Å²) in [6.07, 6.45) is 0. The monoisotopic (exact) mass is 272 g/mol. The van der Waals surface area contributed by atoms with Crippen LogP contribution in [0.25, 0.3) is 0 Å². The first kappa shape index (κ1) is 14.5. The van der Waals surface area contributed by atoms with E-state index in [1.807, 2.05) is 30.3 Å². The van der Waals surface area contributed by atoms with Crippen molar-refractivity contribution in [3.8, 4) is 6.07 Å². The lowest BCUT2D eigenvalue weighted by molar-refractivity contribution is -0.120. The predicted molar refractivity (Wildman–Crippen MR) is 78.3 cm³/mol. The first-order valence-corrected chi connectivity index (χ1v) is 6.89. The minimum absolute atomic E-state index is 0.0218. The van der Waals surface area contributed by atoms with Gasteiger partial charge in [-0.1, -0.05) is 18.2 Å². The summed E-state index contributed by atoms with van der Waals surface area (Å²) in [4.78, 5) is 16.2. The average Bonchev–Trinajstić information content (AvgIpc) is 2.48. The highest BCUT2D eigenvalue weighted by atomic mass is 16.2. The molecular weight excluding hydrogens is 252 g/mol. The van der Waals surface area contributed by atoms with Gasteiger partial charge in [-0.3, -0.25) is 14.6 Å². The van der Waals surface area contributed by atoms with Gasteiger partial charge in [0.25, 0.3) is 0 Å².